The number of rotatable bonds is 9. The number of ether oxygens (including phenoxy) is 1. The Morgan fingerprint density at radius 3 is 2.43 bits per heavy atom. The number of aromatic nitrogens is 4. The molecular formula is C26H36N6O4S. The first-order valence-corrected chi connectivity index (χ1v) is 14.7. The third kappa shape index (κ3) is 4.80. The van der Waals surface area contributed by atoms with Crippen LogP contribution in [0.2, 0.25) is 0 Å². The van der Waals surface area contributed by atoms with Crippen LogP contribution < -0.4 is 10.3 Å². The number of aryl methyl sites for hydroxylation is 1. The molecule has 2 aromatic heterocycles. The molecular weight excluding hydrogens is 492 g/mol. The van der Waals surface area contributed by atoms with Crippen LogP contribution in [-0.4, -0.2) is 76.0 Å². The molecule has 1 aromatic carbocycles. The van der Waals surface area contributed by atoms with Gasteiger partial charge < -0.3 is 9.72 Å². The van der Waals surface area contributed by atoms with Gasteiger partial charge in [0.1, 0.15) is 11.6 Å². The summed E-state index contributed by atoms with van der Waals surface area (Å²) in [5.74, 6) is 1.60. The van der Waals surface area contributed by atoms with Gasteiger partial charge >= 0.3 is 0 Å². The van der Waals surface area contributed by atoms with Crippen LogP contribution in [0, 0.1) is 6.92 Å². The molecule has 0 unspecified atom stereocenters. The van der Waals surface area contributed by atoms with E-state index in [0.29, 0.717) is 48.3 Å². The molecule has 0 bridgehead atoms. The molecule has 2 fully saturated rings. The first-order chi connectivity index (χ1) is 17.8. The molecule has 0 radical (unpaired) electrons. The smallest absolute Gasteiger partial charge is 0.277 e. The Morgan fingerprint density at radius 2 is 1.81 bits per heavy atom. The van der Waals surface area contributed by atoms with Crippen molar-refractivity contribution in [2.75, 3.05) is 32.8 Å². The lowest BCUT2D eigenvalue weighted by Crippen LogP contribution is -2.49. The van der Waals surface area contributed by atoms with Crippen LogP contribution in [0.4, 0.5) is 0 Å². The molecule has 1 saturated heterocycles. The van der Waals surface area contributed by atoms with Gasteiger partial charge in [-0.2, -0.15) is 4.31 Å². The van der Waals surface area contributed by atoms with Gasteiger partial charge in [-0.1, -0.05) is 13.8 Å². The summed E-state index contributed by atoms with van der Waals surface area (Å²) in [5, 5.41) is 4.76. The molecule has 1 aliphatic heterocycles. The summed E-state index contributed by atoms with van der Waals surface area (Å²) in [6.07, 6.45) is 4.15. The highest BCUT2D eigenvalue weighted by Gasteiger charge is 2.35. The number of benzene rings is 1. The van der Waals surface area contributed by atoms with Crippen molar-refractivity contribution in [2.24, 2.45) is 0 Å². The normalized spacial score (nSPS) is 17.6. The van der Waals surface area contributed by atoms with Crippen molar-refractivity contribution in [1.82, 2.24) is 28.8 Å². The number of hydrogen-bond donors (Lipinski definition) is 1. The summed E-state index contributed by atoms with van der Waals surface area (Å²) in [6.45, 7) is 10.7. The number of hydrogen-bond acceptors (Lipinski definition) is 7. The fourth-order valence-corrected chi connectivity index (χ4v) is 6.72. The van der Waals surface area contributed by atoms with E-state index in [0.717, 1.165) is 31.8 Å². The molecule has 37 heavy (non-hydrogen) atoms. The van der Waals surface area contributed by atoms with Gasteiger partial charge in [-0.15, -0.1) is 5.10 Å². The predicted octanol–water partition coefficient (Wildman–Crippen LogP) is 3.16. The van der Waals surface area contributed by atoms with Crippen LogP contribution in [0.5, 0.6) is 5.75 Å². The Bertz CT molecular complexity index is 1450. The minimum absolute atomic E-state index is 0.149. The van der Waals surface area contributed by atoms with Crippen molar-refractivity contribution in [3.8, 4) is 17.1 Å². The molecule has 3 heterocycles. The van der Waals surface area contributed by atoms with Gasteiger partial charge in [-0.3, -0.25) is 9.69 Å². The van der Waals surface area contributed by atoms with Crippen molar-refractivity contribution < 1.29 is 13.2 Å². The van der Waals surface area contributed by atoms with E-state index in [1.165, 1.54) is 12.8 Å². The van der Waals surface area contributed by atoms with Crippen LogP contribution in [0.3, 0.4) is 0 Å². The third-order valence-electron chi connectivity index (χ3n) is 7.53. The quantitative estimate of drug-likeness (QED) is 0.454. The van der Waals surface area contributed by atoms with E-state index in [1.807, 2.05) is 6.92 Å². The van der Waals surface area contributed by atoms with Crippen molar-refractivity contribution in [1.29, 1.82) is 0 Å². The van der Waals surface area contributed by atoms with E-state index in [4.69, 9.17) is 9.84 Å². The number of piperazine rings is 1. The fourth-order valence-electron chi connectivity index (χ4n) is 5.27. The molecule has 1 aliphatic carbocycles. The van der Waals surface area contributed by atoms with Crippen molar-refractivity contribution >= 4 is 15.5 Å². The second kappa shape index (κ2) is 10.2. The average molecular weight is 529 g/mol. The highest BCUT2D eigenvalue weighted by Crippen LogP contribution is 2.33. The second-order valence-corrected chi connectivity index (χ2v) is 11.8. The molecule has 0 atom stereocenters. The maximum Gasteiger partial charge on any atom is 0.277 e. The fraction of sp³-hybridized carbons (Fsp3) is 0.577. The Morgan fingerprint density at radius 1 is 1.11 bits per heavy atom. The molecule has 1 N–H and O–H groups in total. The van der Waals surface area contributed by atoms with Crippen molar-refractivity contribution in [3.05, 3.63) is 40.1 Å². The number of aromatic amines is 1. The van der Waals surface area contributed by atoms with Crippen LogP contribution in [0.15, 0.2) is 27.9 Å². The standard InChI is InChI=1S/C26H36N6O4S/c1-5-18(6-2)25-27-17(4)23-26(33)28-24(29-32(23)25)21-16-20(10-11-22(21)36-7-3)37(34,35)31-14-12-30(13-15-31)19-8-9-19/h10-11,16,18-19H,5-9,12-15H2,1-4H3,(H,28,29,33). The van der Waals surface area contributed by atoms with Gasteiger partial charge in [0.2, 0.25) is 10.0 Å². The summed E-state index contributed by atoms with van der Waals surface area (Å²) in [5.41, 5.74) is 1.13. The van der Waals surface area contributed by atoms with Gasteiger partial charge in [-0.25, -0.2) is 17.9 Å². The Balaban J connectivity index is 1.57. The zero-order valence-electron chi connectivity index (χ0n) is 22.0. The summed E-state index contributed by atoms with van der Waals surface area (Å²) in [4.78, 5) is 23.2. The van der Waals surface area contributed by atoms with E-state index in [1.54, 1.807) is 33.9 Å². The minimum atomic E-state index is -3.72. The maximum atomic E-state index is 13.6. The second-order valence-electron chi connectivity index (χ2n) is 9.89. The summed E-state index contributed by atoms with van der Waals surface area (Å²) >= 11 is 0. The minimum Gasteiger partial charge on any atom is -0.493 e. The van der Waals surface area contributed by atoms with Crippen LogP contribution in [-0.2, 0) is 10.0 Å². The van der Waals surface area contributed by atoms with E-state index < -0.39 is 10.0 Å². The molecule has 200 valence electrons. The zero-order valence-corrected chi connectivity index (χ0v) is 22.8. The third-order valence-corrected chi connectivity index (χ3v) is 9.43. The van der Waals surface area contributed by atoms with Gasteiger partial charge in [0.05, 0.1) is 22.8 Å². The average Bonchev–Trinajstić information content (AvgIpc) is 3.69. The molecule has 2 aliphatic rings. The Hall–Kier alpha value is -2.76. The van der Waals surface area contributed by atoms with Gasteiger partial charge in [0.15, 0.2) is 11.3 Å². The topological polar surface area (TPSA) is 113 Å². The van der Waals surface area contributed by atoms with Crippen molar-refractivity contribution in [2.45, 2.75) is 70.2 Å². The number of imidazole rings is 1. The molecule has 0 amide bonds. The molecule has 10 nitrogen and oxygen atoms in total. The number of nitrogens with one attached hydrogen (secondary N) is 1. The van der Waals surface area contributed by atoms with Gasteiger partial charge in [-0.05, 0) is 57.7 Å². The highest BCUT2D eigenvalue weighted by atomic mass is 32.2. The monoisotopic (exact) mass is 528 g/mol. The summed E-state index contributed by atoms with van der Waals surface area (Å²) in [7, 11) is -3.72. The highest BCUT2D eigenvalue weighted by molar-refractivity contribution is 7.89. The lowest BCUT2D eigenvalue weighted by Gasteiger charge is -2.34. The van der Waals surface area contributed by atoms with Crippen molar-refractivity contribution in [3.63, 3.8) is 0 Å². The van der Waals surface area contributed by atoms with Crippen LogP contribution in [0.1, 0.15) is 63.9 Å². The molecule has 0 spiro atoms. The number of H-pyrrole nitrogens is 1. The SMILES string of the molecule is CCOc1ccc(S(=O)(=O)N2CCN(C3CC3)CC2)cc1-c1nn2c(C(CC)CC)nc(C)c2c(=O)[nH]1. The molecule has 3 aromatic rings. The van der Waals surface area contributed by atoms with E-state index in [2.05, 4.69) is 28.7 Å². The lowest BCUT2D eigenvalue weighted by atomic mass is 10.0. The van der Waals surface area contributed by atoms with E-state index in [-0.39, 0.29) is 22.2 Å². The Kier molecular flexibility index (Phi) is 7.12. The molecule has 1 saturated carbocycles. The summed E-state index contributed by atoms with van der Waals surface area (Å²) < 4.78 is 36.2. The number of fused-ring (bicyclic) bond motifs is 1. The Labute approximate surface area is 217 Å². The molecule has 11 heteroatoms. The van der Waals surface area contributed by atoms with Gasteiger partial charge in [0, 0.05) is 38.1 Å². The zero-order chi connectivity index (χ0) is 26.3. The molecule has 5 rings (SSSR count). The number of sulfonamides is 1. The van der Waals surface area contributed by atoms with Crippen LogP contribution >= 0.6 is 0 Å². The number of nitrogens with zero attached hydrogens (tertiary/aromatic N) is 5. The predicted molar refractivity (Wildman–Crippen MR) is 142 cm³/mol. The van der Waals surface area contributed by atoms with Crippen LogP contribution in [0.25, 0.3) is 16.9 Å². The maximum absolute atomic E-state index is 13.6. The summed E-state index contributed by atoms with van der Waals surface area (Å²) in [6, 6.07) is 5.41. The largest absolute Gasteiger partial charge is 0.493 e. The van der Waals surface area contributed by atoms with Gasteiger partial charge in [0.25, 0.3) is 5.56 Å². The lowest BCUT2D eigenvalue weighted by molar-refractivity contribution is 0.180. The first kappa shape index (κ1) is 25.9. The van der Waals surface area contributed by atoms with E-state index >= 15 is 0 Å². The van der Waals surface area contributed by atoms with E-state index in [9.17, 15) is 13.2 Å². The first-order valence-electron chi connectivity index (χ1n) is 13.3.